The van der Waals surface area contributed by atoms with Crippen LogP contribution in [0.1, 0.15) is 17.0 Å². The Morgan fingerprint density at radius 3 is 2.33 bits per heavy atom. The first kappa shape index (κ1) is 21.7. The van der Waals surface area contributed by atoms with E-state index in [2.05, 4.69) is 10.1 Å². The summed E-state index contributed by atoms with van der Waals surface area (Å²) >= 11 is 0. The summed E-state index contributed by atoms with van der Waals surface area (Å²) in [7, 11) is -2.00. The van der Waals surface area contributed by atoms with Crippen LogP contribution in [0.2, 0.25) is 0 Å². The zero-order valence-electron chi connectivity index (χ0n) is 17.1. The molecule has 1 amide bonds. The van der Waals surface area contributed by atoms with Gasteiger partial charge in [-0.05, 0) is 12.5 Å². The maximum absolute atomic E-state index is 12.7. The lowest BCUT2D eigenvalue weighted by Crippen LogP contribution is -2.40. The van der Waals surface area contributed by atoms with Crippen molar-refractivity contribution in [2.75, 3.05) is 19.8 Å². The molecule has 0 aliphatic heterocycles. The lowest BCUT2D eigenvalue weighted by molar-refractivity contribution is -0.131. The van der Waals surface area contributed by atoms with Crippen LogP contribution in [-0.2, 0) is 27.9 Å². The number of aryl methyl sites for hydroxylation is 1. The standard InChI is InChI=1S/C21H24N4O4S/c1-16-9-11-17(12-10-16)13-25(30(3,27)28)15-20(26)24(2)14-19-22-21(23-29-19)18-7-5-4-6-8-18/h4-12H,13-15H2,1-3H3. The van der Waals surface area contributed by atoms with Gasteiger partial charge in [-0.25, -0.2) is 8.42 Å². The highest BCUT2D eigenvalue weighted by atomic mass is 32.2. The highest BCUT2D eigenvalue weighted by molar-refractivity contribution is 7.88. The molecule has 3 aromatic rings. The maximum atomic E-state index is 12.7. The van der Waals surface area contributed by atoms with Crippen LogP contribution in [0, 0.1) is 6.92 Å². The van der Waals surface area contributed by atoms with Crippen molar-refractivity contribution in [3.8, 4) is 11.4 Å². The molecule has 9 heteroatoms. The SMILES string of the molecule is Cc1ccc(CN(CC(=O)N(C)Cc2nc(-c3ccccc3)no2)S(C)(=O)=O)cc1. The molecule has 0 bridgehead atoms. The van der Waals surface area contributed by atoms with Gasteiger partial charge in [-0.3, -0.25) is 4.79 Å². The van der Waals surface area contributed by atoms with Crippen LogP contribution in [0.4, 0.5) is 0 Å². The Labute approximate surface area is 176 Å². The summed E-state index contributed by atoms with van der Waals surface area (Å²) in [5.41, 5.74) is 2.70. The minimum atomic E-state index is -3.57. The number of benzene rings is 2. The number of carbonyl (C=O) groups is 1. The van der Waals surface area contributed by atoms with Gasteiger partial charge in [0.15, 0.2) is 0 Å². The maximum Gasteiger partial charge on any atom is 0.246 e. The fourth-order valence-electron chi connectivity index (χ4n) is 2.77. The van der Waals surface area contributed by atoms with E-state index in [0.717, 1.165) is 27.3 Å². The quantitative estimate of drug-likeness (QED) is 0.547. The van der Waals surface area contributed by atoms with Gasteiger partial charge in [-0.1, -0.05) is 65.3 Å². The van der Waals surface area contributed by atoms with Crippen LogP contribution >= 0.6 is 0 Å². The van der Waals surface area contributed by atoms with E-state index in [1.165, 1.54) is 4.90 Å². The zero-order valence-corrected chi connectivity index (χ0v) is 18.0. The number of carbonyl (C=O) groups excluding carboxylic acids is 1. The van der Waals surface area contributed by atoms with Crippen molar-refractivity contribution in [3.05, 3.63) is 71.6 Å². The molecule has 0 N–H and O–H groups in total. The molecule has 0 atom stereocenters. The first-order valence-electron chi connectivity index (χ1n) is 9.35. The third-order valence-electron chi connectivity index (χ3n) is 4.56. The largest absolute Gasteiger partial charge is 0.337 e. The average molecular weight is 429 g/mol. The molecular weight excluding hydrogens is 404 g/mol. The number of aromatic nitrogens is 2. The predicted molar refractivity (Wildman–Crippen MR) is 113 cm³/mol. The number of sulfonamides is 1. The molecule has 0 aliphatic carbocycles. The lowest BCUT2D eigenvalue weighted by atomic mass is 10.1. The minimum absolute atomic E-state index is 0.0841. The predicted octanol–water partition coefficient (Wildman–Crippen LogP) is 2.47. The Hall–Kier alpha value is -3.04. The molecule has 0 spiro atoms. The molecule has 8 nitrogen and oxygen atoms in total. The van der Waals surface area contributed by atoms with E-state index >= 15 is 0 Å². The van der Waals surface area contributed by atoms with E-state index in [0.29, 0.717) is 5.82 Å². The van der Waals surface area contributed by atoms with Crippen molar-refractivity contribution in [1.29, 1.82) is 0 Å². The molecule has 0 aliphatic rings. The van der Waals surface area contributed by atoms with Crippen molar-refractivity contribution < 1.29 is 17.7 Å². The van der Waals surface area contributed by atoms with Crippen LogP contribution in [0.25, 0.3) is 11.4 Å². The van der Waals surface area contributed by atoms with E-state index in [4.69, 9.17) is 4.52 Å². The fraction of sp³-hybridized carbons (Fsp3) is 0.286. The number of rotatable bonds is 8. The first-order valence-corrected chi connectivity index (χ1v) is 11.2. The van der Waals surface area contributed by atoms with E-state index in [1.807, 2.05) is 61.5 Å². The van der Waals surface area contributed by atoms with Gasteiger partial charge in [0.05, 0.1) is 19.3 Å². The summed E-state index contributed by atoms with van der Waals surface area (Å²) in [4.78, 5) is 18.3. The van der Waals surface area contributed by atoms with Crippen LogP contribution in [-0.4, -0.2) is 53.5 Å². The van der Waals surface area contributed by atoms with Crippen LogP contribution in [0.3, 0.4) is 0 Å². The third-order valence-corrected chi connectivity index (χ3v) is 5.75. The monoisotopic (exact) mass is 428 g/mol. The summed E-state index contributed by atoms with van der Waals surface area (Å²) < 4.78 is 30.8. The summed E-state index contributed by atoms with van der Waals surface area (Å²) in [6, 6.07) is 16.9. The molecule has 30 heavy (non-hydrogen) atoms. The van der Waals surface area contributed by atoms with Gasteiger partial charge in [0, 0.05) is 19.2 Å². The molecule has 2 aromatic carbocycles. The topological polar surface area (TPSA) is 96.6 Å². The molecular formula is C21H24N4O4S. The second-order valence-corrected chi connectivity index (χ2v) is 9.13. The number of likely N-dealkylation sites (N-methyl/N-ethyl adjacent to an activating group) is 1. The lowest BCUT2D eigenvalue weighted by Gasteiger charge is -2.23. The molecule has 1 heterocycles. The van der Waals surface area contributed by atoms with Crippen molar-refractivity contribution in [3.63, 3.8) is 0 Å². The number of amides is 1. The van der Waals surface area contributed by atoms with Gasteiger partial charge >= 0.3 is 0 Å². The second kappa shape index (κ2) is 9.19. The summed E-state index contributed by atoms with van der Waals surface area (Å²) in [6.45, 7) is 1.89. The van der Waals surface area contributed by atoms with Crippen LogP contribution in [0.5, 0.6) is 0 Å². The minimum Gasteiger partial charge on any atom is -0.337 e. The Kier molecular flexibility index (Phi) is 6.63. The number of nitrogens with zero attached hydrogens (tertiary/aromatic N) is 4. The summed E-state index contributed by atoms with van der Waals surface area (Å²) in [6.07, 6.45) is 1.10. The molecule has 3 rings (SSSR count). The highest BCUT2D eigenvalue weighted by Crippen LogP contribution is 2.16. The van der Waals surface area contributed by atoms with E-state index in [9.17, 15) is 13.2 Å². The van der Waals surface area contributed by atoms with E-state index in [-0.39, 0.29) is 31.4 Å². The van der Waals surface area contributed by atoms with Gasteiger partial charge in [-0.15, -0.1) is 0 Å². The second-order valence-electron chi connectivity index (χ2n) is 7.14. The highest BCUT2D eigenvalue weighted by Gasteiger charge is 2.23. The van der Waals surface area contributed by atoms with Crippen molar-refractivity contribution in [1.82, 2.24) is 19.3 Å². The smallest absolute Gasteiger partial charge is 0.246 e. The molecule has 0 unspecified atom stereocenters. The van der Waals surface area contributed by atoms with E-state index < -0.39 is 10.0 Å². The summed E-state index contributed by atoms with van der Waals surface area (Å²) in [5.74, 6) is 0.338. The Morgan fingerprint density at radius 1 is 1.03 bits per heavy atom. The van der Waals surface area contributed by atoms with Crippen LogP contribution < -0.4 is 0 Å². The Morgan fingerprint density at radius 2 is 1.70 bits per heavy atom. The van der Waals surface area contributed by atoms with E-state index in [1.54, 1.807) is 7.05 Å². The number of hydrogen-bond donors (Lipinski definition) is 0. The normalized spacial score (nSPS) is 11.6. The number of hydrogen-bond acceptors (Lipinski definition) is 6. The van der Waals surface area contributed by atoms with Gasteiger partial charge in [-0.2, -0.15) is 9.29 Å². The van der Waals surface area contributed by atoms with Gasteiger partial charge in [0.2, 0.25) is 27.6 Å². The van der Waals surface area contributed by atoms with Crippen LogP contribution in [0.15, 0.2) is 59.1 Å². The Bertz CT molecular complexity index is 1100. The average Bonchev–Trinajstić information content (AvgIpc) is 3.17. The third kappa shape index (κ3) is 5.74. The first-order chi connectivity index (χ1) is 14.2. The van der Waals surface area contributed by atoms with Crippen molar-refractivity contribution in [2.24, 2.45) is 0 Å². The summed E-state index contributed by atoms with van der Waals surface area (Å²) in [5, 5.41) is 3.93. The molecule has 1 aromatic heterocycles. The zero-order chi connectivity index (χ0) is 21.7. The molecule has 158 valence electrons. The fourth-order valence-corrected chi connectivity index (χ4v) is 3.50. The Balaban J connectivity index is 1.65. The molecule has 0 radical (unpaired) electrons. The van der Waals surface area contributed by atoms with Gasteiger partial charge < -0.3 is 9.42 Å². The van der Waals surface area contributed by atoms with Gasteiger partial charge in [0.25, 0.3) is 0 Å². The van der Waals surface area contributed by atoms with Crippen molar-refractivity contribution in [2.45, 2.75) is 20.0 Å². The van der Waals surface area contributed by atoms with Crippen molar-refractivity contribution >= 4 is 15.9 Å². The molecule has 0 fully saturated rings. The van der Waals surface area contributed by atoms with Gasteiger partial charge in [0.1, 0.15) is 0 Å². The molecule has 0 saturated carbocycles. The molecule has 0 saturated heterocycles.